The molecule has 0 aliphatic heterocycles. The van der Waals surface area contributed by atoms with Crippen LogP contribution in [0, 0.1) is 0 Å². The van der Waals surface area contributed by atoms with E-state index in [9.17, 15) is 9.59 Å². The molecule has 4 rings (SSSR count). The summed E-state index contributed by atoms with van der Waals surface area (Å²) in [6.45, 7) is 2.42. The summed E-state index contributed by atoms with van der Waals surface area (Å²) in [5, 5.41) is 3.17. The number of benzene rings is 2. The Bertz CT molecular complexity index is 1150. The number of methoxy groups -OCH3 is 2. The minimum atomic E-state index is -0.985. The van der Waals surface area contributed by atoms with Crippen LogP contribution in [0.5, 0.6) is 17.2 Å². The van der Waals surface area contributed by atoms with Crippen LogP contribution in [0.2, 0.25) is 0 Å². The summed E-state index contributed by atoms with van der Waals surface area (Å²) >= 11 is 0. The second-order valence-corrected chi connectivity index (χ2v) is 8.59. The van der Waals surface area contributed by atoms with Crippen molar-refractivity contribution in [1.29, 1.82) is 0 Å². The fourth-order valence-electron chi connectivity index (χ4n) is 4.56. The maximum atomic E-state index is 13.9. The van der Waals surface area contributed by atoms with Gasteiger partial charge in [0.2, 0.25) is 5.91 Å². The summed E-state index contributed by atoms with van der Waals surface area (Å²) < 4.78 is 21.9. The third-order valence-electron chi connectivity index (χ3n) is 6.31. The smallest absolute Gasteiger partial charge is 0.294 e. The highest BCUT2D eigenvalue weighted by Crippen LogP contribution is 2.36. The first kappa shape index (κ1) is 25.2. The van der Waals surface area contributed by atoms with Gasteiger partial charge in [-0.05, 0) is 73.9 Å². The molecule has 8 nitrogen and oxygen atoms in total. The second-order valence-electron chi connectivity index (χ2n) is 8.59. The molecule has 3 aromatic rings. The molecule has 2 aromatic carbocycles. The summed E-state index contributed by atoms with van der Waals surface area (Å²) in [5.41, 5.74) is 1.11. The number of nitrogens with zero attached hydrogens (tertiary/aromatic N) is 1. The molecule has 1 aliphatic rings. The molecule has 1 aliphatic carbocycles. The number of amides is 2. The van der Waals surface area contributed by atoms with Gasteiger partial charge in [0.1, 0.15) is 11.8 Å². The van der Waals surface area contributed by atoms with E-state index in [2.05, 4.69) is 5.32 Å². The average Bonchev–Trinajstić information content (AvgIpc) is 3.62. The molecule has 1 aromatic heterocycles. The van der Waals surface area contributed by atoms with E-state index in [-0.39, 0.29) is 17.7 Å². The van der Waals surface area contributed by atoms with Crippen molar-refractivity contribution < 1.29 is 28.2 Å². The standard InChI is InChI=1S/C28H32N2O6/c1-4-35-22-14-12-21(13-15-22)30(28(32)24-10-7-17-36-24)26(27(31)29-20-8-5-6-9-20)19-11-16-23(33-2)25(18-19)34-3/h7,10-18,20,26H,4-6,8-9H2,1-3H3,(H,29,31). The maximum absolute atomic E-state index is 13.9. The minimum absolute atomic E-state index is 0.0704. The van der Waals surface area contributed by atoms with Gasteiger partial charge in [-0.1, -0.05) is 18.9 Å². The molecule has 0 bridgehead atoms. The highest BCUT2D eigenvalue weighted by atomic mass is 16.5. The van der Waals surface area contributed by atoms with Gasteiger partial charge in [0.05, 0.1) is 27.1 Å². The molecule has 0 spiro atoms. The van der Waals surface area contributed by atoms with Gasteiger partial charge in [0.15, 0.2) is 17.3 Å². The van der Waals surface area contributed by atoms with Crippen molar-refractivity contribution in [3.05, 3.63) is 72.2 Å². The molecule has 0 saturated heterocycles. The summed E-state index contributed by atoms with van der Waals surface area (Å²) in [5.74, 6) is 1.08. The molecule has 1 saturated carbocycles. The number of furan rings is 1. The third kappa shape index (κ3) is 5.48. The highest BCUT2D eigenvalue weighted by Gasteiger charge is 2.36. The van der Waals surface area contributed by atoms with Gasteiger partial charge < -0.3 is 23.9 Å². The van der Waals surface area contributed by atoms with Crippen molar-refractivity contribution >= 4 is 17.5 Å². The molecular formula is C28H32N2O6. The lowest BCUT2D eigenvalue weighted by Gasteiger charge is -2.32. The number of ether oxygens (including phenoxy) is 3. The SMILES string of the molecule is CCOc1ccc(N(C(=O)c2ccco2)C(C(=O)NC2CCCC2)c2ccc(OC)c(OC)c2)cc1. The molecular weight excluding hydrogens is 460 g/mol. The first-order valence-corrected chi connectivity index (χ1v) is 12.2. The topological polar surface area (TPSA) is 90.2 Å². The Morgan fingerprint density at radius 1 is 1.03 bits per heavy atom. The quantitative estimate of drug-likeness (QED) is 0.421. The Balaban J connectivity index is 1.82. The Kier molecular flexibility index (Phi) is 8.15. The van der Waals surface area contributed by atoms with Gasteiger partial charge in [-0.25, -0.2) is 0 Å². The van der Waals surface area contributed by atoms with Crippen LogP contribution in [0.15, 0.2) is 65.3 Å². The predicted octanol–water partition coefficient (Wildman–Crippen LogP) is 5.14. The molecule has 1 fully saturated rings. The van der Waals surface area contributed by atoms with E-state index in [0.717, 1.165) is 25.7 Å². The summed E-state index contributed by atoms with van der Waals surface area (Å²) in [6, 6.07) is 14.7. The summed E-state index contributed by atoms with van der Waals surface area (Å²) in [4.78, 5) is 29.2. The van der Waals surface area contributed by atoms with Crippen molar-refractivity contribution in [2.24, 2.45) is 0 Å². The number of nitrogens with one attached hydrogen (secondary N) is 1. The molecule has 0 radical (unpaired) electrons. The number of anilines is 1. The highest BCUT2D eigenvalue weighted by molar-refractivity contribution is 6.08. The lowest BCUT2D eigenvalue weighted by molar-refractivity contribution is -0.123. The summed E-state index contributed by atoms with van der Waals surface area (Å²) in [6.07, 6.45) is 5.41. The van der Waals surface area contributed by atoms with E-state index in [4.69, 9.17) is 18.6 Å². The molecule has 2 amide bonds. The second kappa shape index (κ2) is 11.7. The first-order chi connectivity index (χ1) is 17.5. The van der Waals surface area contributed by atoms with Gasteiger partial charge in [-0.15, -0.1) is 0 Å². The Labute approximate surface area is 211 Å². The monoisotopic (exact) mass is 492 g/mol. The lowest BCUT2D eigenvalue weighted by Crippen LogP contribution is -2.46. The van der Waals surface area contributed by atoms with Gasteiger partial charge in [0.25, 0.3) is 5.91 Å². The van der Waals surface area contributed by atoms with E-state index < -0.39 is 11.9 Å². The van der Waals surface area contributed by atoms with Crippen LogP contribution in [0.1, 0.15) is 54.8 Å². The largest absolute Gasteiger partial charge is 0.494 e. The van der Waals surface area contributed by atoms with Crippen LogP contribution in [-0.4, -0.2) is 38.7 Å². The van der Waals surface area contributed by atoms with Gasteiger partial charge >= 0.3 is 0 Å². The number of carbonyl (C=O) groups is 2. The fourth-order valence-corrected chi connectivity index (χ4v) is 4.56. The van der Waals surface area contributed by atoms with Crippen molar-refractivity contribution in [2.75, 3.05) is 25.7 Å². The Hall–Kier alpha value is -3.94. The first-order valence-electron chi connectivity index (χ1n) is 12.2. The van der Waals surface area contributed by atoms with Crippen LogP contribution in [0.25, 0.3) is 0 Å². The molecule has 1 heterocycles. The van der Waals surface area contributed by atoms with Crippen LogP contribution in [-0.2, 0) is 4.79 Å². The molecule has 1 atom stereocenters. The zero-order valence-corrected chi connectivity index (χ0v) is 20.9. The maximum Gasteiger partial charge on any atom is 0.294 e. The zero-order chi connectivity index (χ0) is 25.5. The zero-order valence-electron chi connectivity index (χ0n) is 20.9. The van der Waals surface area contributed by atoms with Crippen molar-refractivity contribution in [3.63, 3.8) is 0 Å². The van der Waals surface area contributed by atoms with E-state index in [0.29, 0.717) is 35.1 Å². The predicted molar refractivity (Wildman–Crippen MR) is 136 cm³/mol. The minimum Gasteiger partial charge on any atom is -0.494 e. The molecule has 36 heavy (non-hydrogen) atoms. The number of rotatable bonds is 10. The van der Waals surface area contributed by atoms with Crippen LogP contribution >= 0.6 is 0 Å². The Morgan fingerprint density at radius 3 is 2.36 bits per heavy atom. The third-order valence-corrected chi connectivity index (χ3v) is 6.31. The number of hydrogen-bond donors (Lipinski definition) is 1. The van der Waals surface area contributed by atoms with Crippen molar-refractivity contribution in [1.82, 2.24) is 5.32 Å². The average molecular weight is 493 g/mol. The molecule has 190 valence electrons. The fraction of sp³-hybridized carbons (Fsp3) is 0.357. The van der Waals surface area contributed by atoms with Gasteiger partial charge in [-0.2, -0.15) is 0 Å². The van der Waals surface area contributed by atoms with E-state index in [1.54, 1.807) is 61.7 Å². The summed E-state index contributed by atoms with van der Waals surface area (Å²) in [7, 11) is 3.09. The number of hydrogen-bond acceptors (Lipinski definition) is 6. The molecule has 8 heteroatoms. The van der Waals surface area contributed by atoms with Crippen molar-refractivity contribution in [2.45, 2.75) is 44.7 Å². The van der Waals surface area contributed by atoms with Crippen LogP contribution < -0.4 is 24.4 Å². The van der Waals surface area contributed by atoms with E-state index in [1.807, 2.05) is 6.92 Å². The van der Waals surface area contributed by atoms with E-state index in [1.165, 1.54) is 18.3 Å². The van der Waals surface area contributed by atoms with Crippen LogP contribution in [0.4, 0.5) is 5.69 Å². The lowest BCUT2D eigenvalue weighted by atomic mass is 10.0. The van der Waals surface area contributed by atoms with Gasteiger partial charge in [-0.3, -0.25) is 14.5 Å². The van der Waals surface area contributed by atoms with Gasteiger partial charge in [0, 0.05) is 11.7 Å². The van der Waals surface area contributed by atoms with Crippen molar-refractivity contribution in [3.8, 4) is 17.2 Å². The van der Waals surface area contributed by atoms with Crippen LogP contribution in [0.3, 0.4) is 0 Å². The number of carbonyl (C=O) groups excluding carboxylic acids is 2. The molecule has 1 unspecified atom stereocenters. The Morgan fingerprint density at radius 2 is 1.75 bits per heavy atom. The van der Waals surface area contributed by atoms with E-state index >= 15 is 0 Å². The normalized spacial score (nSPS) is 14.2. The molecule has 1 N–H and O–H groups in total.